The number of aromatic nitrogens is 1. The van der Waals surface area contributed by atoms with Crippen molar-refractivity contribution >= 4 is 33.4 Å². The van der Waals surface area contributed by atoms with E-state index in [-0.39, 0.29) is 24.4 Å². The highest BCUT2D eigenvalue weighted by atomic mass is 79.9. The zero-order valence-corrected chi connectivity index (χ0v) is 23.9. The van der Waals surface area contributed by atoms with Crippen molar-refractivity contribution in [2.45, 2.75) is 25.9 Å². The second kappa shape index (κ2) is 11.0. The predicted molar refractivity (Wildman–Crippen MR) is 155 cm³/mol. The summed E-state index contributed by atoms with van der Waals surface area (Å²) >= 11 is 3.42. The Morgan fingerprint density at radius 3 is 2.31 bits per heavy atom. The fourth-order valence-corrected chi connectivity index (χ4v) is 5.34. The van der Waals surface area contributed by atoms with E-state index < -0.39 is 6.04 Å². The van der Waals surface area contributed by atoms with Crippen LogP contribution in [0.3, 0.4) is 0 Å². The van der Waals surface area contributed by atoms with Crippen LogP contribution in [-0.4, -0.2) is 48.1 Å². The van der Waals surface area contributed by atoms with Crippen LogP contribution in [0.25, 0.3) is 5.69 Å². The van der Waals surface area contributed by atoms with E-state index in [9.17, 15) is 9.59 Å². The summed E-state index contributed by atoms with van der Waals surface area (Å²) in [7, 11) is 3.23. The number of methoxy groups -OCH3 is 2. The lowest BCUT2D eigenvalue weighted by Gasteiger charge is -2.40. The number of para-hydroxylation sites is 2. The molecule has 0 N–H and O–H groups in total. The second-order valence-electron chi connectivity index (χ2n) is 9.60. The van der Waals surface area contributed by atoms with Crippen molar-refractivity contribution in [3.05, 3.63) is 106 Å². The van der Waals surface area contributed by atoms with Gasteiger partial charge in [0.2, 0.25) is 5.91 Å². The third-order valence-electron chi connectivity index (χ3n) is 7.00. The summed E-state index contributed by atoms with van der Waals surface area (Å²) in [5.41, 5.74) is 3.86. The van der Waals surface area contributed by atoms with Gasteiger partial charge in [-0.25, -0.2) is 0 Å². The van der Waals surface area contributed by atoms with Crippen molar-refractivity contribution in [1.82, 2.24) is 9.47 Å². The molecule has 39 heavy (non-hydrogen) atoms. The van der Waals surface area contributed by atoms with E-state index >= 15 is 0 Å². The second-order valence-corrected chi connectivity index (χ2v) is 10.5. The fraction of sp³-hybridized carbons (Fsp3) is 0.226. The van der Waals surface area contributed by atoms with Crippen molar-refractivity contribution in [2.24, 2.45) is 0 Å². The number of carbonyl (C=O) groups is 2. The number of nitrogens with zero attached hydrogens (tertiary/aromatic N) is 3. The number of amides is 2. The van der Waals surface area contributed by atoms with Gasteiger partial charge in [0, 0.05) is 27.8 Å². The van der Waals surface area contributed by atoms with Crippen LogP contribution < -0.4 is 14.4 Å². The van der Waals surface area contributed by atoms with Crippen LogP contribution in [-0.2, 0) is 4.79 Å². The Hall–Kier alpha value is -4.04. The van der Waals surface area contributed by atoms with E-state index in [2.05, 4.69) is 20.5 Å². The SMILES string of the molecule is COc1ccc(OC)c(C2c3cccn3-c3ccccc3N2C(=O)CN(C(=O)c2ccc(Br)cc2)C(C)C)c1. The number of halogens is 1. The zero-order valence-electron chi connectivity index (χ0n) is 22.3. The smallest absolute Gasteiger partial charge is 0.254 e. The maximum atomic E-state index is 14.4. The highest BCUT2D eigenvalue weighted by Gasteiger charge is 2.39. The van der Waals surface area contributed by atoms with Crippen molar-refractivity contribution in [3.63, 3.8) is 0 Å². The Morgan fingerprint density at radius 2 is 1.64 bits per heavy atom. The molecular weight excluding hydrogens is 558 g/mol. The molecule has 0 fully saturated rings. The normalized spacial score (nSPS) is 14.0. The summed E-state index contributed by atoms with van der Waals surface area (Å²) in [6.07, 6.45) is 1.99. The van der Waals surface area contributed by atoms with Gasteiger partial charge in [-0.05, 0) is 80.6 Å². The van der Waals surface area contributed by atoms with E-state index in [1.807, 2.05) is 86.8 Å². The molecule has 2 amide bonds. The van der Waals surface area contributed by atoms with Gasteiger partial charge in [0.25, 0.3) is 5.91 Å². The molecule has 1 aliphatic rings. The molecule has 0 aliphatic carbocycles. The van der Waals surface area contributed by atoms with Crippen LogP contribution >= 0.6 is 15.9 Å². The predicted octanol–water partition coefficient (Wildman–Crippen LogP) is 6.24. The fourth-order valence-electron chi connectivity index (χ4n) is 5.08. The molecule has 5 rings (SSSR count). The number of hydrogen-bond donors (Lipinski definition) is 0. The number of hydrogen-bond acceptors (Lipinski definition) is 4. The van der Waals surface area contributed by atoms with Gasteiger partial charge in [0.15, 0.2) is 0 Å². The van der Waals surface area contributed by atoms with Gasteiger partial charge in [0.05, 0.1) is 31.3 Å². The molecule has 1 aromatic heterocycles. The van der Waals surface area contributed by atoms with Gasteiger partial charge in [0.1, 0.15) is 24.1 Å². The molecule has 3 aromatic carbocycles. The van der Waals surface area contributed by atoms with Crippen LogP contribution in [0.2, 0.25) is 0 Å². The molecule has 2 heterocycles. The maximum absolute atomic E-state index is 14.4. The Labute approximate surface area is 236 Å². The summed E-state index contributed by atoms with van der Waals surface area (Å²) in [5, 5.41) is 0. The highest BCUT2D eigenvalue weighted by molar-refractivity contribution is 9.10. The van der Waals surface area contributed by atoms with E-state index in [0.29, 0.717) is 17.1 Å². The molecule has 1 aliphatic heterocycles. The van der Waals surface area contributed by atoms with E-state index in [1.54, 1.807) is 36.2 Å². The topological polar surface area (TPSA) is 64.0 Å². The first kappa shape index (κ1) is 26.6. The minimum Gasteiger partial charge on any atom is -0.497 e. The Morgan fingerprint density at radius 1 is 0.923 bits per heavy atom. The standard InChI is InChI=1S/C31H30BrN3O4/c1-20(2)34(31(37)21-11-13-22(32)14-12-21)19-29(36)35-26-9-6-5-8-25(26)33-17-7-10-27(33)30(35)24-18-23(38-3)15-16-28(24)39-4/h5-18,20,30H,19H2,1-4H3. The summed E-state index contributed by atoms with van der Waals surface area (Å²) < 4.78 is 14.3. The van der Waals surface area contributed by atoms with Crippen LogP contribution in [0.1, 0.15) is 41.5 Å². The molecule has 4 aromatic rings. The van der Waals surface area contributed by atoms with Crippen molar-refractivity contribution in [2.75, 3.05) is 25.7 Å². The van der Waals surface area contributed by atoms with E-state index in [1.165, 1.54) is 0 Å². The first-order valence-corrected chi connectivity index (χ1v) is 13.5. The van der Waals surface area contributed by atoms with Gasteiger partial charge in [-0.3, -0.25) is 14.5 Å². The van der Waals surface area contributed by atoms with Crippen LogP contribution in [0.5, 0.6) is 11.5 Å². The highest BCUT2D eigenvalue weighted by Crippen LogP contribution is 2.45. The third-order valence-corrected chi connectivity index (χ3v) is 7.53. The average Bonchev–Trinajstić information content (AvgIpc) is 3.44. The summed E-state index contributed by atoms with van der Waals surface area (Å²) in [6.45, 7) is 3.74. The van der Waals surface area contributed by atoms with E-state index in [0.717, 1.165) is 27.1 Å². The molecule has 0 radical (unpaired) electrons. The largest absolute Gasteiger partial charge is 0.497 e. The minimum absolute atomic E-state index is 0.0929. The molecule has 200 valence electrons. The van der Waals surface area contributed by atoms with Crippen molar-refractivity contribution < 1.29 is 19.1 Å². The van der Waals surface area contributed by atoms with Crippen molar-refractivity contribution in [3.8, 4) is 17.2 Å². The van der Waals surface area contributed by atoms with E-state index in [4.69, 9.17) is 9.47 Å². The molecule has 0 saturated heterocycles. The molecule has 0 spiro atoms. The lowest BCUT2D eigenvalue weighted by atomic mass is 9.96. The molecule has 0 saturated carbocycles. The molecular formula is C31H30BrN3O4. The Bertz CT molecular complexity index is 1510. The number of ether oxygens (including phenoxy) is 2. The Balaban J connectivity index is 1.62. The summed E-state index contributed by atoms with van der Waals surface area (Å²) in [5.74, 6) is 0.890. The van der Waals surface area contributed by atoms with Crippen molar-refractivity contribution in [1.29, 1.82) is 0 Å². The molecule has 8 heteroatoms. The number of rotatable bonds is 7. The number of carbonyl (C=O) groups excluding carboxylic acids is 2. The first-order chi connectivity index (χ1) is 18.8. The van der Waals surface area contributed by atoms with Crippen LogP contribution in [0, 0.1) is 0 Å². The molecule has 7 nitrogen and oxygen atoms in total. The third kappa shape index (κ3) is 4.92. The molecule has 1 unspecified atom stereocenters. The molecule has 1 atom stereocenters. The minimum atomic E-state index is -0.510. The Kier molecular flexibility index (Phi) is 7.48. The van der Waals surface area contributed by atoms with Crippen LogP contribution in [0.4, 0.5) is 5.69 Å². The number of benzene rings is 3. The maximum Gasteiger partial charge on any atom is 0.254 e. The van der Waals surface area contributed by atoms with Crippen LogP contribution in [0.15, 0.2) is 89.5 Å². The zero-order chi connectivity index (χ0) is 27.7. The summed E-state index contributed by atoms with van der Waals surface area (Å²) in [6, 6.07) is 23.8. The molecule has 0 bridgehead atoms. The van der Waals surface area contributed by atoms with Gasteiger partial charge >= 0.3 is 0 Å². The average molecular weight is 589 g/mol. The quantitative estimate of drug-likeness (QED) is 0.256. The number of anilines is 1. The van der Waals surface area contributed by atoms with Gasteiger partial charge in [-0.15, -0.1) is 0 Å². The van der Waals surface area contributed by atoms with Gasteiger partial charge in [-0.2, -0.15) is 0 Å². The summed E-state index contributed by atoms with van der Waals surface area (Å²) in [4.78, 5) is 31.3. The lowest BCUT2D eigenvalue weighted by molar-refractivity contribution is -0.120. The number of fused-ring (bicyclic) bond motifs is 3. The van der Waals surface area contributed by atoms with Gasteiger partial charge in [-0.1, -0.05) is 28.1 Å². The first-order valence-electron chi connectivity index (χ1n) is 12.7. The monoisotopic (exact) mass is 587 g/mol. The van der Waals surface area contributed by atoms with Gasteiger partial charge < -0.3 is 18.9 Å². The lowest BCUT2D eigenvalue weighted by Crippen LogP contribution is -2.48.